The topological polar surface area (TPSA) is 183 Å². The molecule has 2 heterocycles. The smallest absolute Gasteiger partial charge is 0.233 e. The molecular formula is C50H54N6O6. The number of carbonyl (C=O) groups is 4. The van der Waals surface area contributed by atoms with Gasteiger partial charge in [0.1, 0.15) is 24.3 Å². The number of phenols is 2. The molecule has 6 N–H and O–H groups in total. The SMILES string of the molecule is C=C(Cc1cc(C(C)(C)C)cc(NC(=O)CC(=O)NCc2cccc3cccnc23)c1O)Cc1cc(C(C)(C)C)cc(NC(=O)CC(=O)NCc2cccc3cccnc23)c1O. The van der Waals surface area contributed by atoms with Gasteiger partial charge in [-0.05, 0) is 70.2 Å². The number of carbonyl (C=O) groups excluding carboxylic acids is 4. The average Bonchev–Trinajstić information content (AvgIpc) is 3.21. The Balaban J connectivity index is 1.12. The van der Waals surface area contributed by atoms with Crippen LogP contribution in [0.5, 0.6) is 11.5 Å². The molecule has 0 aliphatic heterocycles. The largest absolute Gasteiger partial charge is 0.505 e. The van der Waals surface area contributed by atoms with Crippen molar-refractivity contribution in [1.29, 1.82) is 0 Å². The minimum atomic E-state index is -0.595. The van der Waals surface area contributed by atoms with E-state index in [9.17, 15) is 29.4 Å². The summed E-state index contributed by atoms with van der Waals surface area (Å²) in [5.41, 5.74) is 6.06. The monoisotopic (exact) mass is 834 g/mol. The number of nitrogens with zero attached hydrogens (tertiary/aromatic N) is 2. The number of aromatic hydroxyl groups is 2. The van der Waals surface area contributed by atoms with Gasteiger partial charge in [-0.15, -0.1) is 0 Å². The molecule has 6 aromatic rings. The zero-order valence-corrected chi connectivity index (χ0v) is 36.1. The molecule has 62 heavy (non-hydrogen) atoms. The molecule has 0 atom stereocenters. The Hall–Kier alpha value is -7.08. The third-order valence-corrected chi connectivity index (χ3v) is 10.6. The second-order valence-corrected chi connectivity index (χ2v) is 17.7. The van der Waals surface area contributed by atoms with Crippen molar-refractivity contribution >= 4 is 56.8 Å². The van der Waals surface area contributed by atoms with Crippen molar-refractivity contribution in [3.8, 4) is 11.5 Å². The Morgan fingerprint density at radius 1 is 0.548 bits per heavy atom. The number of benzene rings is 4. The standard InChI is InChI=1S/C50H54N6O6/c1-30(20-35-22-37(49(2,3)4)24-39(47(35)61)55-43(59)26-41(57)53-28-33-14-8-12-31-16-10-18-51-45(31)33)21-36-23-38(50(5,6)7)25-40(48(36)62)56-44(60)27-42(58)54-29-34-15-9-13-32-17-11-19-52-46(32)34/h8-19,22-25,61-62H,1,20-21,26-29H2,2-7H3,(H,53,57)(H,54,58)(H,55,59)(H,56,60). The molecule has 0 aliphatic rings. The molecule has 4 amide bonds. The maximum Gasteiger partial charge on any atom is 0.233 e. The number of hydrogen-bond donors (Lipinski definition) is 6. The highest BCUT2D eigenvalue weighted by atomic mass is 16.3. The first kappa shape index (κ1) is 44.5. The van der Waals surface area contributed by atoms with E-state index in [1.54, 1.807) is 24.5 Å². The number of anilines is 2. The van der Waals surface area contributed by atoms with Crippen molar-refractivity contribution in [3.63, 3.8) is 0 Å². The van der Waals surface area contributed by atoms with Crippen LogP contribution in [0.4, 0.5) is 11.4 Å². The second-order valence-electron chi connectivity index (χ2n) is 17.7. The summed E-state index contributed by atoms with van der Waals surface area (Å²) in [6, 6.07) is 26.1. The van der Waals surface area contributed by atoms with Crippen LogP contribution in [0.15, 0.2) is 109 Å². The number of rotatable bonds is 14. The van der Waals surface area contributed by atoms with Crippen LogP contribution < -0.4 is 21.3 Å². The number of fused-ring (bicyclic) bond motifs is 2. The first-order valence-corrected chi connectivity index (χ1v) is 20.5. The van der Waals surface area contributed by atoms with Gasteiger partial charge in [0.05, 0.1) is 22.4 Å². The first-order valence-electron chi connectivity index (χ1n) is 20.5. The summed E-state index contributed by atoms with van der Waals surface area (Å²) >= 11 is 0. The molecule has 0 aliphatic carbocycles. The van der Waals surface area contributed by atoms with Crippen molar-refractivity contribution in [2.45, 2.75) is 91.1 Å². The maximum absolute atomic E-state index is 13.2. The van der Waals surface area contributed by atoms with E-state index in [2.05, 4.69) is 37.8 Å². The van der Waals surface area contributed by atoms with Gasteiger partial charge >= 0.3 is 0 Å². The van der Waals surface area contributed by atoms with Gasteiger partial charge in [0.15, 0.2) is 0 Å². The zero-order chi connectivity index (χ0) is 44.8. The minimum absolute atomic E-state index is 0.162. The highest BCUT2D eigenvalue weighted by molar-refractivity contribution is 6.05. The maximum atomic E-state index is 13.2. The molecule has 0 unspecified atom stereocenters. The number of amides is 4. The van der Waals surface area contributed by atoms with E-state index < -0.39 is 36.5 Å². The van der Waals surface area contributed by atoms with E-state index in [0.717, 1.165) is 44.1 Å². The number of pyridine rings is 2. The van der Waals surface area contributed by atoms with Gasteiger partial charge in [-0.3, -0.25) is 29.1 Å². The normalized spacial score (nSPS) is 11.6. The third kappa shape index (κ3) is 11.2. The number of allylic oxidation sites excluding steroid dienone is 1. The molecule has 6 rings (SSSR count). The van der Waals surface area contributed by atoms with Crippen LogP contribution in [0.2, 0.25) is 0 Å². The van der Waals surface area contributed by atoms with E-state index in [0.29, 0.717) is 16.7 Å². The lowest BCUT2D eigenvalue weighted by Crippen LogP contribution is -2.28. The lowest BCUT2D eigenvalue weighted by molar-refractivity contribution is -0.128. The van der Waals surface area contributed by atoms with Crippen LogP contribution in [0, 0.1) is 0 Å². The molecule has 12 nitrogen and oxygen atoms in total. The number of phenolic OH excluding ortho intramolecular Hbond substituents is 2. The lowest BCUT2D eigenvalue weighted by atomic mass is 9.83. The molecule has 0 bridgehead atoms. The fourth-order valence-electron chi connectivity index (χ4n) is 7.13. The fourth-order valence-corrected chi connectivity index (χ4v) is 7.13. The molecular weight excluding hydrogens is 781 g/mol. The van der Waals surface area contributed by atoms with Crippen molar-refractivity contribution in [1.82, 2.24) is 20.6 Å². The predicted molar refractivity (Wildman–Crippen MR) is 244 cm³/mol. The van der Waals surface area contributed by atoms with Gasteiger partial charge in [-0.25, -0.2) is 0 Å². The van der Waals surface area contributed by atoms with Gasteiger partial charge in [0.25, 0.3) is 0 Å². The molecule has 4 aromatic carbocycles. The molecule has 12 heteroatoms. The molecule has 0 spiro atoms. The highest BCUT2D eigenvalue weighted by Crippen LogP contribution is 2.39. The lowest BCUT2D eigenvalue weighted by Gasteiger charge is -2.24. The third-order valence-electron chi connectivity index (χ3n) is 10.6. The number of nitrogens with one attached hydrogen (secondary N) is 4. The van der Waals surface area contributed by atoms with Gasteiger partial charge in [0.2, 0.25) is 23.6 Å². The summed E-state index contributed by atoms with van der Waals surface area (Å²) in [6.07, 6.45) is 2.82. The Kier molecular flexibility index (Phi) is 13.4. The van der Waals surface area contributed by atoms with Crippen molar-refractivity contribution in [2.75, 3.05) is 10.6 Å². The predicted octanol–water partition coefficient (Wildman–Crippen LogP) is 8.42. The Bertz CT molecular complexity index is 2500. The summed E-state index contributed by atoms with van der Waals surface area (Å²) in [7, 11) is 0. The molecule has 0 radical (unpaired) electrons. The van der Waals surface area contributed by atoms with Crippen LogP contribution in [-0.2, 0) is 55.9 Å². The van der Waals surface area contributed by atoms with E-state index in [1.807, 2.05) is 114 Å². The van der Waals surface area contributed by atoms with Crippen LogP contribution in [0.25, 0.3) is 21.8 Å². The number of hydrogen-bond acceptors (Lipinski definition) is 8. The van der Waals surface area contributed by atoms with E-state index in [1.165, 1.54) is 0 Å². The summed E-state index contributed by atoms with van der Waals surface area (Å²) < 4.78 is 0. The van der Waals surface area contributed by atoms with Crippen molar-refractivity contribution < 1.29 is 29.4 Å². The molecule has 0 saturated carbocycles. The quantitative estimate of drug-likeness (QED) is 0.0359. The molecule has 2 aromatic heterocycles. The van der Waals surface area contributed by atoms with Gasteiger partial charge < -0.3 is 31.5 Å². The summed E-state index contributed by atoms with van der Waals surface area (Å²) in [5, 5.41) is 36.0. The van der Waals surface area contributed by atoms with E-state index in [4.69, 9.17) is 0 Å². The zero-order valence-electron chi connectivity index (χ0n) is 36.1. The fraction of sp³-hybridized carbons (Fsp3) is 0.280. The van der Waals surface area contributed by atoms with Gasteiger partial charge in [-0.1, -0.05) is 114 Å². The molecule has 320 valence electrons. The summed E-state index contributed by atoms with van der Waals surface area (Å²) in [5.74, 6) is -2.48. The average molecular weight is 835 g/mol. The van der Waals surface area contributed by atoms with Crippen LogP contribution in [-0.4, -0.2) is 43.8 Å². The minimum Gasteiger partial charge on any atom is -0.505 e. The Morgan fingerprint density at radius 2 is 0.935 bits per heavy atom. The van der Waals surface area contributed by atoms with E-state index >= 15 is 0 Å². The van der Waals surface area contributed by atoms with E-state index in [-0.39, 0.29) is 59.6 Å². The van der Waals surface area contributed by atoms with Crippen LogP contribution >= 0.6 is 0 Å². The van der Waals surface area contributed by atoms with Crippen molar-refractivity contribution in [3.05, 3.63) is 143 Å². The van der Waals surface area contributed by atoms with Crippen molar-refractivity contribution in [2.24, 2.45) is 0 Å². The van der Waals surface area contributed by atoms with Gasteiger partial charge in [0, 0.05) is 47.4 Å². The summed E-state index contributed by atoms with van der Waals surface area (Å²) in [4.78, 5) is 61.0. The molecule has 0 saturated heterocycles. The van der Waals surface area contributed by atoms with Gasteiger partial charge in [-0.2, -0.15) is 0 Å². The Morgan fingerprint density at radius 3 is 1.32 bits per heavy atom. The Labute approximate surface area is 361 Å². The summed E-state index contributed by atoms with van der Waals surface area (Å²) in [6.45, 7) is 16.7. The van der Waals surface area contributed by atoms with Crippen LogP contribution in [0.1, 0.15) is 87.8 Å². The second kappa shape index (κ2) is 18.7. The first-order chi connectivity index (χ1) is 29.3. The molecule has 0 fully saturated rings. The number of para-hydroxylation sites is 2. The highest BCUT2D eigenvalue weighted by Gasteiger charge is 2.24. The van der Waals surface area contributed by atoms with Crippen LogP contribution in [0.3, 0.4) is 0 Å². The number of aromatic nitrogens is 2.